The van der Waals surface area contributed by atoms with E-state index in [-0.39, 0.29) is 0 Å². The summed E-state index contributed by atoms with van der Waals surface area (Å²) in [6, 6.07) is 0. The lowest BCUT2D eigenvalue weighted by molar-refractivity contribution is 0.400. The zero-order valence-electron chi connectivity index (χ0n) is 11.2. The lowest BCUT2D eigenvalue weighted by Gasteiger charge is -2.25. The molecule has 1 aromatic heterocycles. The second-order valence-corrected chi connectivity index (χ2v) is 4.91. The first-order chi connectivity index (χ1) is 8.26. The molecule has 2 rings (SSSR count). The molecule has 1 saturated carbocycles. The van der Waals surface area contributed by atoms with Gasteiger partial charge in [0.25, 0.3) is 0 Å². The molecule has 94 valence electrons. The van der Waals surface area contributed by atoms with Crippen molar-refractivity contribution in [2.75, 3.05) is 11.9 Å². The Morgan fingerprint density at radius 3 is 2.53 bits per heavy atom. The summed E-state index contributed by atoms with van der Waals surface area (Å²) in [5.41, 5.74) is 2.43. The predicted octanol–water partition coefficient (Wildman–Crippen LogP) is 3.44. The van der Waals surface area contributed by atoms with Crippen LogP contribution in [0.1, 0.15) is 62.5 Å². The van der Waals surface area contributed by atoms with Gasteiger partial charge in [0.15, 0.2) is 0 Å². The molecule has 0 amide bonds. The van der Waals surface area contributed by atoms with E-state index < -0.39 is 0 Å². The molecule has 0 bridgehead atoms. The number of aromatic nitrogens is 2. The Labute approximate surface area is 104 Å². The molecule has 17 heavy (non-hydrogen) atoms. The Kier molecular flexibility index (Phi) is 3.97. The summed E-state index contributed by atoms with van der Waals surface area (Å²) in [5, 5.41) is 3.43. The standard InChI is InChI=1S/C14H23N3/c1-4-9-15-13-10(3)12(5-2)16-14(17-13)11-7-6-8-11/h11H,4-9H2,1-3H3,(H,15,16,17). The van der Waals surface area contributed by atoms with Gasteiger partial charge in [0.2, 0.25) is 0 Å². The van der Waals surface area contributed by atoms with Crippen molar-refractivity contribution in [3.8, 4) is 0 Å². The minimum atomic E-state index is 0.614. The van der Waals surface area contributed by atoms with Crippen LogP contribution in [0.5, 0.6) is 0 Å². The smallest absolute Gasteiger partial charge is 0.134 e. The van der Waals surface area contributed by atoms with Crippen molar-refractivity contribution < 1.29 is 0 Å². The topological polar surface area (TPSA) is 37.8 Å². The van der Waals surface area contributed by atoms with E-state index in [4.69, 9.17) is 9.97 Å². The van der Waals surface area contributed by atoms with Gasteiger partial charge in [-0.3, -0.25) is 0 Å². The minimum Gasteiger partial charge on any atom is -0.370 e. The van der Waals surface area contributed by atoms with Crippen LogP contribution in [0.4, 0.5) is 5.82 Å². The fraction of sp³-hybridized carbons (Fsp3) is 0.714. The van der Waals surface area contributed by atoms with Crippen LogP contribution < -0.4 is 5.32 Å². The average Bonchev–Trinajstić information content (AvgIpc) is 2.27. The van der Waals surface area contributed by atoms with E-state index in [0.717, 1.165) is 31.0 Å². The van der Waals surface area contributed by atoms with Gasteiger partial charge in [-0.2, -0.15) is 0 Å². The summed E-state index contributed by atoms with van der Waals surface area (Å²) in [4.78, 5) is 9.45. The van der Waals surface area contributed by atoms with Crippen molar-refractivity contribution in [1.29, 1.82) is 0 Å². The first-order valence-corrected chi connectivity index (χ1v) is 6.87. The number of anilines is 1. The normalized spacial score (nSPS) is 15.7. The summed E-state index contributed by atoms with van der Waals surface area (Å²) >= 11 is 0. The van der Waals surface area contributed by atoms with Gasteiger partial charge < -0.3 is 5.32 Å². The molecule has 0 spiro atoms. The van der Waals surface area contributed by atoms with Gasteiger partial charge in [0.1, 0.15) is 11.6 Å². The van der Waals surface area contributed by atoms with Gasteiger partial charge in [0, 0.05) is 23.7 Å². The van der Waals surface area contributed by atoms with Crippen molar-refractivity contribution in [1.82, 2.24) is 9.97 Å². The Bertz CT molecular complexity index is 383. The quantitative estimate of drug-likeness (QED) is 0.846. The lowest BCUT2D eigenvalue weighted by atomic mass is 9.84. The molecule has 3 heteroatoms. The second kappa shape index (κ2) is 5.48. The summed E-state index contributed by atoms with van der Waals surface area (Å²) in [7, 11) is 0. The molecule has 1 aliphatic carbocycles. The van der Waals surface area contributed by atoms with Crippen molar-refractivity contribution in [2.24, 2.45) is 0 Å². The Hall–Kier alpha value is -1.12. The van der Waals surface area contributed by atoms with E-state index in [9.17, 15) is 0 Å². The average molecular weight is 233 g/mol. The zero-order chi connectivity index (χ0) is 12.3. The van der Waals surface area contributed by atoms with Crippen LogP contribution in [0.3, 0.4) is 0 Å². The van der Waals surface area contributed by atoms with Crippen LogP contribution in [0, 0.1) is 6.92 Å². The highest BCUT2D eigenvalue weighted by Gasteiger charge is 2.23. The first-order valence-electron chi connectivity index (χ1n) is 6.87. The van der Waals surface area contributed by atoms with E-state index in [1.165, 1.54) is 30.5 Å². The third-order valence-electron chi connectivity index (χ3n) is 3.61. The molecule has 0 aromatic carbocycles. The highest BCUT2D eigenvalue weighted by Crippen LogP contribution is 2.35. The zero-order valence-corrected chi connectivity index (χ0v) is 11.2. The monoisotopic (exact) mass is 233 g/mol. The molecule has 1 aliphatic rings. The molecular weight excluding hydrogens is 210 g/mol. The van der Waals surface area contributed by atoms with E-state index in [0.29, 0.717) is 5.92 Å². The maximum absolute atomic E-state index is 4.73. The SMILES string of the molecule is CCCNc1nc(C2CCC2)nc(CC)c1C. The highest BCUT2D eigenvalue weighted by atomic mass is 15.0. The van der Waals surface area contributed by atoms with E-state index in [1.54, 1.807) is 0 Å². The van der Waals surface area contributed by atoms with Gasteiger partial charge in [-0.25, -0.2) is 9.97 Å². The van der Waals surface area contributed by atoms with Crippen molar-refractivity contribution >= 4 is 5.82 Å². The van der Waals surface area contributed by atoms with Crippen LogP contribution in [0.15, 0.2) is 0 Å². The third kappa shape index (κ3) is 2.59. The Morgan fingerprint density at radius 1 is 1.24 bits per heavy atom. The molecule has 0 aliphatic heterocycles. The Balaban J connectivity index is 2.27. The van der Waals surface area contributed by atoms with E-state index in [2.05, 4.69) is 26.1 Å². The summed E-state index contributed by atoms with van der Waals surface area (Å²) in [5.74, 6) is 2.74. The second-order valence-electron chi connectivity index (χ2n) is 4.91. The summed E-state index contributed by atoms with van der Waals surface area (Å²) in [6.45, 7) is 7.47. The fourth-order valence-electron chi connectivity index (χ4n) is 2.19. The van der Waals surface area contributed by atoms with Gasteiger partial charge in [0.05, 0.1) is 0 Å². The molecule has 0 unspecified atom stereocenters. The molecule has 1 aromatic rings. The number of nitrogens with one attached hydrogen (secondary N) is 1. The molecular formula is C14H23N3. The maximum atomic E-state index is 4.73. The highest BCUT2D eigenvalue weighted by molar-refractivity contribution is 5.46. The van der Waals surface area contributed by atoms with Gasteiger partial charge in [-0.1, -0.05) is 20.3 Å². The van der Waals surface area contributed by atoms with Crippen molar-refractivity contribution in [3.05, 3.63) is 17.1 Å². The number of hydrogen-bond donors (Lipinski definition) is 1. The third-order valence-corrected chi connectivity index (χ3v) is 3.61. The van der Waals surface area contributed by atoms with Gasteiger partial charge in [-0.05, 0) is 32.6 Å². The van der Waals surface area contributed by atoms with Crippen molar-refractivity contribution in [2.45, 2.75) is 58.8 Å². The number of nitrogens with zero attached hydrogens (tertiary/aromatic N) is 2. The maximum Gasteiger partial charge on any atom is 0.134 e. The van der Waals surface area contributed by atoms with Crippen LogP contribution in [-0.4, -0.2) is 16.5 Å². The van der Waals surface area contributed by atoms with Crippen LogP contribution >= 0.6 is 0 Å². The summed E-state index contributed by atoms with van der Waals surface area (Å²) in [6.07, 6.45) is 5.98. The van der Waals surface area contributed by atoms with Crippen LogP contribution in [0.25, 0.3) is 0 Å². The molecule has 0 atom stereocenters. The number of aryl methyl sites for hydroxylation is 1. The van der Waals surface area contributed by atoms with Crippen LogP contribution in [0.2, 0.25) is 0 Å². The molecule has 0 saturated heterocycles. The predicted molar refractivity (Wildman–Crippen MR) is 71.5 cm³/mol. The lowest BCUT2D eigenvalue weighted by Crippen LogP contribution is -2.16. The summed E-state index contributed by atoms with van der Waals surface area (Å²) < 4.78 is 0. The molecule has 0 radical (unpaired) electrons. The molecule has 3 nitrogen and oxygen atoms in total. The Morgan fingerprint density at radius 2 is 2.00 bits per heavy atom. The number of hydrogen-bond acceptors (Lipinski definition) is 3. The van der Waals surface area contributed by atoms with Crippen LogP contribution in [-0.2, 0) is 6.42 Å². The number of rotatable bonds is 5. The molecule has 1 N–H and O–H groups in total. The van der Waals surface area contributed by atoms with Gasteiger partial charge >= 0.3 is 0 Å². The van der Waals surface area contributed by atoms with E-state index in [1.807, 2.05) is 0 Å². The van der Waals surface area contributed by atoms with E-state index >= 15 is 0 Å². The molecule has 1 fully saturated rings. The minimum absolute atomic E-state index is 0.614. The first kappa shape index (κ1) is 12.3. The largest absolute Gasteiger partial charge is 0.370 e. The molecule has 1 heterocycles. The van der Waals surface area contributed by atoms with Gasteiger partial charge in [-0.15, -0.1) is 0 Å². The fourth-order valence-corrected chi connectivity index (χ4v) is 2.19. The van der Waals surface area contributed by atoms with Crippen molar-refractivity contribution in [3.63, 3.8) is 0 Å².